The molecule has 0 saturated carbocycles. The molecule has 0 amide bonds. The summed E-state index contributed by atoms with van der Waals surface area (Å²) in [5.74, 6) is 0. The smallest absolute Gasteiger partial charge is 0.183 e. The summed E-state index contributed by atoms with van der Waals surface area (Å²) in [6.07, 6.45) is 1.33. The molecule has 0 bridgehead atoms. The lowest BCUT2D eigenvalue weighted by atomic mass is 10.0. The van der Waals surface area contributed by atoms with Crippen LogP contribution >= 0.6 is 0 Å². The lowest BCUT2D eigenvalue weighted by molar-refractivity contribution is -0.202. The minimum absolute atomic E-state index is 0.554. The highest BCUT2D eigenvalue weighted by Crippen LogP contribution is 2.20. The monoisotopic (exact) mass is 160 g/mol. The summed E-state index contributed by atoms with van der Waals surface area (Å²) in [6, 6.07) is 0. The number of hydrogen-bond donors (Lipinski definition) is 1. The maximum atomic E-state index is 9.31. The Hall–Kier alpha value is -0.380. The van der Waals surface area contributed by atoms with Gasteiger partial charge >= 0.3 is 0 Å². The van der Waals surface area contributed by atoms with Gasteiger partial charge in [0.2, 0.25) is 0 Å². The van der Waals surface area contributed by atoms with Gasteiger partial charge in [0.25, 0.3) is 0 Å². The van der Waals surface area contributed by atoms with Crippen molar-refractivity contribution in [1.82, 2.24) is 0 Å². The molecule has 0 aromatic carbocycles. The van der Waals surface area contributed by atoms with Crippen LogP contribution in [0.25, 0.3) is 0 Å². The van der Waals surface area contributed by atoms with Crippen molar-refractivity contribution in [3.8, 4) is 0 Å². The fourth-order valence-corrected chi connectivity index (χ4v) is 0.821. The molecule has 2 unspecified atom stereocenters. The molecule has 0 saturated heterocycles. The standard InChI is InChI=1S/C8H16O3/c1-5-6-8(2,11-4)7(9)10-3/h5,7,9H,1,6H2,2-4H3. The summed E-state index contributed by atoms with van der Waals surface area (Å²) < 4.78 is 9.83. The van der Waals surface area contributed by atoms with Crippen molar-refractivity contribution < 1.29 is 14.6 Å². The van der Waals surface area contributed by atoms with Crippen LogP contribution in [0, 0.1) is 0 Å². The Morgan fingerprint density at radius 3 is 2.45 bits per heavy atom. The van der Waals surface area contributed by atoms with Gasteiger partial charge in [0, 0.05) is 14.2 Å². The molecule has 2 atom stereocenters. The Balaban J connectivity index is 4.18. The number of aliphatic hydroxyl groups excluding tert-OH is 1. The second-order valence-electron chi connectivity index (χ2n) is 2.60. The van der Waals surface area contributed by atoms with Crippen LogP contribution < -0.4 is 0 Å². The van der Waals surface area contributed by atoms with E-state index in [0.717, 1.165) is 0 Å². The van der Waals surface area contributed by atoms with Crippen molar-refractivity contribution in [3.63, 3.8) is 0 Å². The molecule has 0 heterocycles. The summed E-state index contributed by atoms with van der Waals surface area (Å²) in [5, 5.41) is 9.31. The number of hydrogen-bond acceptors (Lipinski definition) is 3. The largest absolute Gasteiger partial charge is 0.373 e. The number of aliphatic hydroxyl groups is 1. The van der Waals surface area contributed by atoms with Crippen LogP contribution in [0.5, 0.6) is 0 Å². The molecule has 11 heavy (non-hydrogen) atoms. The van der Waals surface area contributed by atoms with Crippen LogP contribution in [0.1, 0.15) is 13.3 Å². The molecule has 0 aliphatic heterocycles. The van der Waals surface area contributed by atoms with E-state index in [-0.39, 0.29) is 0 Å². The predicted molar refractivity (Wildman–Crippen MR) is 43.2 cm³/mol. The van der Waals surface area contributed by atoms with Gasteiger partial charge in [0.1, 0.15) is 5.60 Å². The number of methoxy groups -OCH3 is 2. The Bertz CT molecular complexity index is 125. The first-order valence-corrected chi connectivity index (χ1v) is 3.47. The summed E-state index contributed by atoms with van der Waals surface area (Å²) >= 11 is 0. The van der Waals surface area contributed by atoms with Crippen molar-refractivity contribution >= 4 is 0 Å². The second-order valence-corrected chi connectivity index (χ2v) is 2.60. The van der Waals surface area contributed by atoms with E-state index >= 15 is 0 Å². The molecule has 0 spiro atoms. The first-order chi connectivity index (χ1) is 5.10. The minimum Gasteiger partial charge on any atom is -0.373 e. The SMILES string of the molecule is C=CCC(C)(OC)C(O)OC. The zero-order valence-electron chi connectivity index (χ0n) is 7.33. The van der Waals surface area contributed by atoms with Gasteiger partial charge in [-0.2, -0.15) is 0 Å². The lowest BCUT2D eigenvalue weighted by Gasteiger charge is -2.30. The fourth-order valence-electron chi connectivity index (χ4n) is 0.821. The highest BCUT2D eigenvalue weighted by atomic mass is 16.6. The van der Waals surface area contributed by atoms with Crippen LogP contribution in [-0.4, -0.2) is 31.2 Å². The van der Waals surface area contributed by atoms with Crippen molar-refractivity contribution in [1.29, 1.82) is 0 Å². The van der Waals surface area contributed by atoms with Gasteiger partial charge in [0.05, 0.1) is 0 Å². The molecular formula is C8H16O3. The summed E-state index contributed by atoms with van der Waals surface area (Å²) in [6.45, 7) is 5.33. The predicted octanol–water partition coefficient (Wildman–Crippen LogP) is 0.932. The molecule has 0 aromatic rings. The third kappa shape index (κ3) is 2.61. The summed E-state index contributed by atoms with van der Waals surface area (Å²) in [7, 11) is 2.97. The average Bonchev–Trinajstić information content (AvgIpc) is 2.03. The molecule has 0 rings (SSSR count). The van der Waals surface area contributed by atoms with Crippen LogP contribution in [0.2, 0.25) is 0 Å². The van der Waals surface area contributed by atoms with Gasteiger partial charge in [-0.3, -0.25) is 0 Å². The van der Waals surface area contributed by atoms with Crippen molar-refractivity contribution in [2.45, 2.75) is 25.2 Å². The van der Waals surface area contributed by atoms with Crippen LogP contribution in [-0.2, 0) is 9.47 Å². The van der Waals surface area contributed by atoms with E-state index in [0.29, 0.717) is 6.42 Å². The fraction of sp³-hybridized carbons (Fsp3) is 0.750. The third-order valence-corrected chi connectivity index (χ3v) is 1.76. The molecule has 66 valence electrons. The zero-order valence-corrected chi connectivity index (χ0v) is 7.33. The van der Waals surface area contributed by atoms with Gasteiger partial charge in [0.15, 0.2) is 6.29 Å². The zero-order chi connectivity index (χ0) is 8.91. The maximum absolute atomic E-state index is 9.31. The number of ether oxygens (including phenoxy) is 2. The molecule has 3 nitrogen and oxygen atoms in total. The van der Waals surface area contributed by atoms with E-state index in [1.165, 1.54) is 14.2 Å². The highest BCUT2D eigenvalue weighted by Gasteiger charge is 2.31. The summed E-state index contributed by atoms with van der Waals surface area (Å²) in [5.41, 5.74) is -0.684. The maximum Gasteiger partial charge on any atom is 0.183 e. The molecule has 3 heteroatoms. The van der Waals surface area contributed by atoms with Crippen LogP contribution in [0.3, 0.4) is 0 Å². The molecule has 1 N–H and O–H groups in total. The molecule has 0 aliphatic rings. The molecular weight excluding hydrogens is 144 g/mol. The van der Waals surface area contributed by atoms with Gasteiger partial charge in [-0.25, -0.2) is 0 Å². The van der Waals surface area contributed by atoms with Gasteiger partial charge < -0.3 is 14.6 Å². The van der Waals surface area contributed by atoms with E-state index in [9.17, 15) is 5.11 Å². The van der Waals surface area contributed by atoms with Gasteiger partial charge in [-0.05, 0) is 13.3 Å². The van der Waals surface area contributed by atoms with Crippen LogP contribution in [0.4, 0.5) is 0 Å². The van der Waals surface area contributed by atoms with E-state index in [1.807, 2.05) is 0 Å². The van der Waals surface area contributed by atoms with Crippen LogP contribution in [0.15, 0.2) is 12.7 Å². The Morgan fingerprint density at radius 2 is 2.18 bits per heavy atom. The van der Waals surface area contributed by atoms with Crippen molar-refractivity contribution in [3.05, 3.63) is 12.7 Å². The first kappa shape index (κ1) is 10.6. The first-order valence-electron chi connectivity index (χ1n) is 3.47. The Labute approximate surface area is 67.6 Å². The highest BCUT2D eigenvalue weighted by molar-refractivity contribution is 4.86. The van der Waals surface area contributed by atoms with Crippen molar-refractivity contribution in [2.75, 3.05) is 14.2 Å². The van der Waals surface area contributed by atoms with E-state index in [1.54, 1.807) is 13.0 Å². The third-order valence-electron chi connectivity index (χ3n) is 1.76. The van der Waals surface area contributed by atoms with Crippen molar-refractivity contribution in [2.24, 2.45) is 0 Å². The lowest BCUT2D eigenvalue weighted by Crippen LogP contribution is -2.41. The molecule has 0 radical (unpaired) electrons. The Kier molecular flexibility index (Phi) is 4.33. The van der Waals surface area contributed by atoms with E-state index in [4.69, 9.17) is 9.47 Å². The van der Waals surface area contributed by atoms with Gasteiger partial charge in [-0.1, -0.05) is 6.08 Å². The molecule has 0 aromatic heterocycles. The average molecular weight is 160 g/mol. The normalized spacial score (nSPS) is 18.9. The molecule has 0 fully saturated rings. The topological polar surface area (TPSA) is 38.7 Å². The quantitative estimate of drug-likeness (QED) is 0.480. The van der Waals surface area contributed by atoms with E-state index in [2.05, 4.69) is 6.58 Å². The Morgan fingerprint density at radius 1 is 1.64 bits per heavy atom. The number of rotatable bonds is 5. The van der Waals surface area contributed by atoms with E-state index < -0.39 is 11.9 Å². The minimum atomic E-state index is -0.912. The van der Waals surface area contributed by atoms with Gasteiger partial charge in [-0.15, -0.1) is 6.58 Å². The summed E-state index contributed by atoms with van der Waals surface area (Å²) in [4.78, 5) is 0. The molecule has 0 aliphatic carbocycles. The second kappa shape index (κ2) is 4.49.